The molecule has 0 aliphatic heterocycles. The van der Waals surface area contributed by atoms with Gasteiger partial charge in [0.1, 0.15) is 12.4 Å². The van der Waals surface area contributed by atoms with Crippen molar-refractivity contribution >= 4 is 23.1 Å². The SMILES string of the molecule is O=[N+]([O-])c1ccc(Sc2n[nH]c(COc3ccccc3)n2)c([N+](=O)[O-])c1. The van der Waals surface area contributed by atoms with E-state index >= 15 is 0 Å². The number of benzene rings is 2. The van der Waals surface area contributed by atoms with Crippen LogP contribution >= 0.6 is 11.8 Å². The first-order valence-electron chi connectivity index (χ1n) is 7.23. The normalized spacial score (nSPS) is 10.5. The van der Waals surface area contributed by atoms with Crippen molar-refractivity contribution in [3.05, 3.63) is 74.6 Å². The molecule has 0 fully saturated rings. The minimum Gasteiger partial charge on any atom is -0.486 e. The van der Waals surface area contributed by atoms with Gasteiger partial charge in [-0.15, -0.1) is 5.10 Å². The monoisotopic (exact) mass is 373 g/mol. The number of nitrogens with one attached hydrogen (secondary N) is 1. The zero-order chi connectivity index (χ0) is 18.5. The number of H-pyrrole nitrogens is 1. The maximum atomic E-state index is 11.2. The first-order valence-corrected chi connectivity index (χ1v) is 8.04. The standard InChI is InChI=1S/C15H11N5O5S/c21-19(22)10-6-7-13(12(8-10)20(23)24)26-15-16-14(17-18-15)9-25-11-4-2-1-3-5-11/h1-8H,9H2,(H,16,17,18). The summed E-state index contributed by atoms with van der Waals surface area (Å²) in [4.78, 5) is 25.0. The molecular formula is C15H11N5O5S. The van der Waals surface area contributed by atoms with Crippen LogP contribution in [0, 0.1) is 20.2 Å². The Balaban J connectivity index is 1.72. The van der Waals surface area contributed by atoms with Crippen molar-refractivity contribution in [2.24, 2.45) is 0 Å². The minimum absolute atomic E-state index is 0.153. The second kappa shape index (κ2) is 7.61. The number of nitrogens with zero attached hydrogens (tertiary/aromatic N) is 4. The number of hydrogen-bond donors (Lipinski definition) is 1. The molecule has 10 nitrogen and oxygen atoms in total. The summed E-state index contributed by atoms with van der Waals surface area (Å²) < 4.78 is 5.53. The van der Waals surface area contributed by atoms with Crippen molar-refractivity contribution in [1.82, 2.24) is 15.2 Å². The number of aromatic nitrogens is 3. The van der Waals surface area contributed by atoms with Crippen molar-refractivity contribution in [2.75, 3.05) is 0 Å². The molecule has 0 aliphatic carbocycles. The molecule has 1 N–H and O–H groups in total. The molecule has 2 aromatic carbocycles. The third-order valence-electron chi connectivity index (χ3n) is 3.18. The number of rotatable bonds is 7. The Bertz CT molecular complexity index is 947. The van der Waals surface area contributed by atoms with Crippen LogP contribution < -0.4 is 4.74 Å². The van der Waals surface area contributed by atoms with Crippen LogP contribution in [0.2, 0.25) is 0 Å². The molecule has 1 aromatic heterocycles. The van der Waals surface area contributed by atoms with E-state index in [0.717, 1.165) is 17.8 Å². The highest BCUT2D eigenvalue weighted by Gasteiger charge is 2.21. The molecule has 0 unspecified atom stereocenters. The molecule has 0 aliphatic rings. The molecule has 1 heterocycles. The fourth-order valence-electron chi connectivity index (χ4n) is 2.00. The van der Waals surface area contributed by atoms with E-state index < -0.39 is 9.85 Å². The summed E-state index contributed by atoms with van der Waals surface area (Å²) in [5.41, 5.74) is -0.732. The Kier molecular flexibility index (Phi) is 5.08. The van der Waals surface area contributed by atoms with Gasteiger partial charge in [0.2, 0.25) is 5.16 Å². The lowest BCUT2D eigenvalue weighted by atomic mass is 10.3. The molecule has 11 heteroatoms. The van der Waals surface area contributed by atoms with Gasteiger partial charge in [-0.05, 0) is 30.0 Å². The summed E-state index contributed by atoms with van der Waals surface area (Å²) in [6.07, 6.45) is 0. The number of hydrogen-bond acceptors (Lipinski definition) is 8. The molecule has 132 valence electrons. The quantitative estimate of drug-likeness (QED) is 0.491. The van der Waals surface area contributed by atoms with Gasteiger partial charge in [0.15, 0.2) is 5.82 Å². The number of non-ortho nitro benzene ring substituents is 1. The van der Waals surface area contributed by atoms with E-state index in [9.17, 15) is 20.2 Å². The van der Waals surface area contributed by atoms with Crippen molar-refractivity contribution in [1.29, 1.82) is 0 Å². The number of ether oxygens (including phenoxy) is 1. The molecule has 0 radical (unpaired) electrons. The first-order chi connectivity index (χ1) is 12.5. The summed E-state index contributed by atoms with van der Waals surface area (Å²) in [7, 11) is 0. The predicted molar refractivity (Wildman–Crippen MR) is 91.0 cm³/mol. The number of nitro groups is 2. The van der Waals surface area contributed by atoms with Crippen LogP contribution in [0.4, 0.5) is 11.4 Å². The number of para-hydroxylation sites is 1. The third kappa shape index (κ3) is 4.13. The van der Waals surface area contributed by atoms with E-state index in [-0.39, 0.29) is 28.0 Å². The zero-order valence-electron chi connectivity index (χ0n) is 13.1. The Morgan fingerprint density at radius 2 is 1.85 bits per heavy atom. The molecule has 0 amide bonds. The fourth-order valence-corrected chi connectivity index (χ4v) is 2.82. The lowest BCUT2D eigenvalue weighted by Gasteiger charge is -2.02. The van der Waals surface area contributed by atoms with E-state index in [1.54, 1.807) is 12.1 Å². The van der Waals surface area contributed by atoms with Gasteiger partial charge >= 0.3 is 0 Å². The van der Waals surface area contributed by atoms with Gasteiger partial charge in [-0.1, -0.05) is 18.2 Å². The van der Waals surface area contributed by atoms with Crippen molar-refractivity contribution in [2.45, 2.75) is 16.7 Å². The molecule has 3 rings (SSSR count). The second-order valence-corrected chi connectivity index (χ2v) is 5.94. The van der Waals surface area contributed by atoms with Crippen LogP contribution in [0.15, 0.2) is 58.6 Å². The summed E-state index contributed by atoms with van der Waals surface area (Å²) in [5, 5.41) is 28.8. The summed E-state index contributed by atoms with van der Waals surface area (Å²) in [5.74, 6) is 1.12. The Labute approximate surface area is 150 Å². The molecule has 0 atom stereocenters. The molecule has 0 spiro atoms. The van der Waals surface area contributed by atoms with Crippen LogP contribution in [-0.4, -0.2) is 25.0 Å². The average molecular weight is 373 g/mol. The highest BCUT2D eigenvalue weighted by molar-refractivity contribution is 7.99. The highest BCUT2D eigenvalue weighted by Crippen LogP contribution is 2.35. The van der Waals surface area contributed by atoms with Crippen molar-refractivity contribution < 1.29 is 14.6 Å². The largest absolute Gasteiger partial charge is 0.486 e. The van der Waals surface area contributed by atoms with E-state index in [2.05, 4.69) is 15.2 Å². The van der Waals surface area contributed by atoms with Crippen LogP contribution in [-0.2, 0) is 6.61 Å². The maximum Gasteiger partial charge on any atom is 0.290 e. The zero-order valence-corrected chi connectivity index (χ0v) is 13.9. The van der Waals surface area contributed by atoms with Gasteiger partial charge in [-0.25, -0.2) is 4.98 Å². The fraction of sp³-hybridized carbons (Fsp3) is 0.0667. The summed E-state index contributed by atoms with van der Waals surface area (Å²) in [6.45, 7) is 0.153. The smallest absolute Gasteiger partial charge is 0.290 e. The van der Waals surface area contributed by atoms with Gasteiger partial charge in [0, 0.05) is 6.07 Å². The lowest BCUT2D eigenvalue weighted by molar-refractivity contribution is -0.396. The maximum absolute atomic E-state index is 11.2. The van der Waals surface area contributed by atoms with Crippen molar-refractivity contribution in [3.63, 3.8) is 0 Å². The van der Waals surface area contributed by atoms with Gasteiger partial charge in [0.25, 0.3) is 11.4 Å². The molecule has 0 saturated carbocycles. The lowest BCUT2D eigenvalue weighted by Crippen LogP contribution is -1.97. The van der Waals surface area contributed by atoms with Crippen molar-refractivity contribution in [3.8, 4) is 5.75 Å². The summed E-state index contributed by atoms with van der Waals surface area (Å²) >= 11 is 0.932. The molecule has 26 heavy (non-hydrogen) atoms. The Hall–Kier alpha value is -3.47. The molecular weight excluding hydrogens is 362 g/mol. The second-order valence-electron chi connectivity index (χ2n) is 4.93. The van der Waals surface area contributed by atoms with E-state index in [1.165, 1.54) is 12.1 Å². The molecule has 0 saturated heterocycles. The minimum atomic E-state index is -0.687. The van der Waals surface area contributed by atoms with Crippen LogP contribution in [0.1, 0.15) is 5.82 Å². The number of nitro benzene ring substituents is 2. The van der Waals surface area contributed by atoms with Gasteiger partial charge < -0.3 is 4.74 Å². The van der Waals surface area contributed by atoms with Gasteiger partial charge in [0.05, 0.1) is 20.8 Å². The summed E-state index contributed by atoms with van der Waals surface area (Å²) in [6, 6.07) is 12.5. The Morgan fingerprint density at radius 1 is 1.08 bits per heavy atom. The highest BCUT2D eigenvalue weighted by atomic mass is 32.2. The average Bonchev–Trinajstić information content (AvgIpc) is 3.08. The van der Waals surface area contributed by atoms with Crippen LogP contribution in [0.5, 0.6) is 5.75 Å². The van der Waals surface area contributed by atoms with E-state index in [4.69, 9.17) is 4.74 Å². The van der Waals surface area contributed by atoms with Crippen LogP contribution in [0.3, 0.4) is 0 Å². The molecule has 0 bridgehead atoms. The van der Waals surface area contributed by atoms with E-state index in [0.29, 0.717) is 11.6 Å². The third-order valence-corrected chi connectivity index (χ3v) is 4.11. The topological polar surface area (TPSA) is 137 Å². The first kappa shape index (κ1) is 17.4. The predicted octanol–water partition coefficient (Wildman–Crippen LogP) is 3.35. The van der Waals surface area contributed by atoms with Gasteiger partial charge in [-0.2, -0.15) is 0 Å². The molecule has 3 aromatic rings. The van der Waals surface area contributed by atoms with E-state index in [1.807, 2.05) is 18.2 Å². The van der Waals surface area contributed by atoms with Crippen LogP contribution in [0.25, 0.3) is 0 Å². The number of aromatic amines is 1. The Morgan fingerprint density at radius 3 is 2.54 bits per heavy atom. The van der Waals surface area contributed by atoms with Gasteiger partial charge in [-0.3, -0.25) is 25.3 Å².